The number of halogens is 2. The van der Waals surface area contributed by atoms with Gasteiger partial charge >= 0.3 is 5.97 Å². The lowest BCUT2D eigenvalue weighted by Crippen LogP contribution is -2.64. The Morgan fingerprint density at radius 2 is 1.71 bits per heavy atom. The molecule has 0 radical (unpaired) electrons. The summed E-state index contributed by atoms with van der Waals surface area (Å²) in [5.41, 5.74) is 5.45. The fourth-order valence-electron chi connectivity index (χ4n) is 3.83. The van der Waals surface area contributed by atoms with Crippen LogP contribution in [0.2, 0.25) is 0 Å². The van der Waals surface area contributed by atoms with Crippen LogP contribution in [0.5, 0.6) is 5.75 Å². The van der Waals surface area contributed by atoms with Gasteiger partial charge in [-0.25, -0.2) is 17.2 Å². The van der Waals surface area contributed by atoms with E-state index >= 15 is 0 Å². The number of benzene rings is 3. The number of carbonyl (C=O) groups is 1. The van der Waals surface area contributed by atoms with Crippen molar-refractivity contribution in [1.29, 1.82) is 0 Å². The summed E-state index contributed by atoms with van der Waals surface area (Å²) >= 11 is 0. The van der Waals surface area contributed by atoms with Crippen molar-refractivity contribution in [2.75, 3.05) is 13.1 Å². The minimum absolute atomic E-state index is 0.0129. The summed E-state index contributed by atoms with van der Waals surface area (Å²) in [4.78, 5) is 11.0. The number of sulfonamides is 1. The van der Waals surface area contributed by atoms with Gasteiger partial charge in [-0.2, -0.15) is 4.31 Å². The maximum absolute atomic E-state index is 13.7. The number of ether oxygens (including phenoxy) is 1. The van der Waals surface area contributed by atoms with Crippen molar-refractivity contribution in [2.45, 2.75) is 23.0 Å². The molecule has 3 aromatic carbocycles. The third-order valence-electron chi connectivity index (χ3n) is 5.65. The molecule has 3 aromatic rings. The van der Waals surface area contributed by atoms with Crippen molar-refractivity contribution in [1.82, 2.24) is 4.31 Å². The van der Waals surface area contributed by atoms with Gasteiger partial charge in [0.1, 0.15) is 23.4 Å². The zero-order valence-electron chi connectivity index (χ0n) is 17.9. The molecule has 0 amide bonds. The Labute approximate surface area is 195 Å². The van der Waals surface area contributed by atoms with Crippen LogP contribution < -0.4 is 10.5 Å². The first kappa shape index (κ1) is 23.8. The molecule has 1 aliphatic rings. The number of hydrogen-bond acceptors (Lipinski definition) is 5. The first-order valence-electron chi connectivity index (χ1n) is 10.4. The summed E-state index contributed by atoms with van der Waals surface area (Å²) in [6, 6.07) is 15.8. The van der Waals surface area contributed by atoms with E-state index in [1.54, 1.807) is 12.1 Å². The molecule has 178 valence electrons. The molecule has 10 heteroatoms. The smallest absolute Gasteiger partial charge is 0.320 e. The molecule has 1 aliphatic heterocycles. The van der Waals surface area contributed by atoms with Crippen LogP contribution in [-0.4, -0.2) is 42.9 Å². The minimum atomic E-state index is -3.95. The zero-order chi connectivity index (χ0) is 24.5. The van der Waals surface area contributed by atoms with Crippen molar-refractivity contribution in [3.8, 4) is 5.75 Å². The van der Waals surface area contributed by atoms with Gasteiger partial charge in [0.25, 0.3) is 0 Å². The summed E-state index contributed by atoms with van der Waals surface area (Å²) in [6.07, 6.45) is -0.0269. The Balaban J connectivity index is 1.60. The van der Waals surface area contributed by atoms with Crippen molar-refractivity contribution in [2.24, 2.45) is 5.73 Å². The Morgan fingerprint density at radius 1 is 1.03 bits per heavy atom. The predicted octanol–water partition coefficient (Wildman–Crippen LogP) is 2.90. The molecule has 0 bridgehead atoms. The van der Waals surface area contributed by atoms with Gasteiger partial charge in [0.2, 0.25) is 10.0 Å². The largest absolute Gasteiger partial charge is 0.480 e. The summed E-state index contributed by atoms with van der Waals surface area (Å²) in [6.45, 7) is -0.174. The summed E-state index contributed by atoms with van der Waals surface area (Å²) in [7, 11) is -3.95. The van der Waals surface area contributed by atoms with E-state index in [1.807, 2.05) is 0 Å². The normalized spacial score (nSPS) is 16.4. The monoisotopic (exact) mass is 488 g/mol. The highest BCUT2D eigenvalue weighted by atomic mass is 32.2. The molecule has 0 aromatic heterocycles. The number of carboxylic acid groups (broad SMARTS) is 1. The van der Waals surface area contributed by atoms with Gasteiger partial charge in [-0.3, -0.25) is 4.79 Å². The molecule has 1 atom stereocenters. The summed E-state index contributed by atoms with van der Waals surface area (Å²) in [5, 5.41) is 9.02. The lowest BCUT2D eigenvalue weighted by atomic mass is 9.87. The highest BCUT2D eigenvalue weighted by molar-refractivity contribution is 7.89. The molecule has 3 N–H and O–H groups in total. The van der Waals surface area contributed by atoms with Gasteiger partial charge < -0.3 is 15.6 Å². The van der Waals surface area contributed by atoms with Crippen LogP contribution in [0, 0.1) is 11.6 Å². The van der Waals surface area contributed by atoms with E-state index in [0.29, 0.717) is 11.1 Å². The average molecular weight is 489 g/mol. The van der Waals surface area contributed by atoms with E-state index in [9.17, 15) is 22.0 Å². The predicted molar refractivity (Wildman–Crippen MR) is 120 cm³/mol. The quantitative estimate of drug-likeness (QED) is 0.505. The molecule has 7 nitrogen and oxygen atoms in total. The van der Waals surface area contributed by atoms with Crippen molar-refractivity contribution < 1.29 is 31.8 Å². The van der Waals surface area contributed by atoms with Crippen LogP contribution in [0.3, 0.4) is 0 Å². The molecular formula is C24H22F2N2O5S. The molecule has 1 saturated heterocycles. The van der Waals surface area contributed by atoms with Gasteiger partial charge in [-0.1, -0.05) is 30.3 Å². The molecule has 0 saturated carbocycles. The van der Waals surface area contributed by atoms with Crippen LogP contribution in [0.25, 0.3) is 0 Å². The Kier molecular flexibility index (Phi) is 6.39. The van der Waals surface area contributed by atoms with E-state index in [1.165, 1.54) is 65.0 Å². The minimum Gasteiger partial charge on any atom is -0.480 e. The van der Waals surface area contributed by atoms with E-state index < -0.39 is 39.3 Å². The second-order valence-electron chi connectivity index (χ2n) is 8.13. The SMILES string of the molecule is NC(Cc1cccc(S(=O)(=O)N2CC(Oc3cccc(F)c3)(c3ccc(F)cc3)C2)c1)C(=O)O. The number of aliphatic carboxylic acids is 1. The van der Waals surface area contributed by atoms with Crippen LogP contribution >= 0.6 is 0 Å². The molecule has 0 spiro atoms. The van der Waals surface area contributed by atoms with E-state index in [0.717, 1.165) is 0 Å². The number of nitrogens with zero attached hydrogens (tertiary/aromatic N) is 1. The molecule has 1 fully saturated rings. The fraction of sp³-hybridized carbons (Fsp3) is 0.208. The highest BCUT2D eigenvalue weighted by Gasteiger charge is 2.52. The zero-order valence-corrected chi connectivity index (χ0v) is 18.7. The van der Waals surface area contributed by atoms with Crippen LogP contribution in [0.1, 0.15) is 11.1 Å². The number of rotatable bonds is 8. The van der Waals surface area contributed by atoms with Crippen LogP contribution in [-0.2, 0) is 26.8 Å². The molecule has 1 heterocycles. The molecule has 4 rings (SSSR count). The second kappa shape index (κ2) is 9.13. The first-order chi connectivity index (χ1) is 16.1. The summed E-state index contributed by atoms with van der Waals surface area (Å²) in [5.74, 6) is -1.93. The van der Waals surface area contributed by atoms with Gasteiger partial charge in [0.15, 0.2) is 5.60 Å². The maximum atomic E-state index is 13.7. The van der Waals surface area contributed by atoms with E-state index in [4.69, 9.17) is 15.6 Å². The van der Waals surface area contributed by atoms with Gasteiger partial charge in [-0.15, -0.1) is 0 Å². The van der Waals surface area contributed by atoms with Crippen LogP contribution in [0.4, 0.5) is 8.78 Å². The Morgan fingerprint density at radius 3 is 2.35 bits per heavy atom. The fourth-order valence-corrected chi connectivity index (χ4v) is 5.44. The number of hydrogen-bond donors (Lipinski definition) is 2. The second-order valence-corrected chi connectivity index (χ2v) is 10.1. The van der Waals surface area contributed by atoms with Crippen molar-refractivity contribution in [3.63, 3.8) is 0 Å². The first-order valence-corrected chi connectivity index (χ1v) is 11.8. The third kappa shape index (κ3) is 4.79. The lowest BCUT2D eigenvalue weighted by molar-refractivity contribution is -0.138. The highest BCUT2D eigenvalue weighted by Crippen LogP contribution is 2.40. The van der Waals surface area contributed by atoms with E-state index in [-0.39, 0.29) is 30.2 Å². The standard InChI is InChI=1S/C24H22F2N2O5S/c25-18-9-7-17(8-10-18)24(33-20-5-2-4-19(26)13-20)14-28(15-24)34(31,32)21-6-1-3-16(11-21)12-22(27)23(29)30/h1-11,13,22H,12,14-15,27H2,(H,29,30). The van der Waals surface area contributed by atoms with E-state index in [2.05, 4.69) is 0 Å². The average Bonchev–Trinajstić information content (AvgIpc) is 2.76. The Hall–Kier alpha value is -3.34. The lowest BCUT2D eigenvalue weighted by Gasteiger charge is -2.48. The summed E-state index contributed by atoms with van der Waals surface area (Å²) < 4.78 is 61.0. The number of carboxylic acids is 1. The van der Waals surface area contributed by atoms with Gasteiger partial charge in [0.05, 0.1) is 18.0 Å². The van der Waals surface area contributed by atoms with Gasteiger partial charge in [0, 0.05) is 6.07 Å². The third-order valence-corrected chi connectivity index (χ3v) is 7.44. The maximum Gasteiger partial charge on any atom is 0.320 e. The Bertz CT molecular complexity index is 1310. The van der Waals surface area contributed by atoms with Crippen molar-refractivity contribution >= 4 is 16.0 Å². The molecule has 0 aliphatic carbocycles. The van der Waals surface area contributed by atoms with Crippen molar-refractivity contribution in [3.05, 3.63) is 95.6 Å². The topological polar surface area (TPSA) is 110 Å². The molecule has 34 heavy (non-hydrogen) atoms. The van der Waals surface area contributed by atoms with Crippen LogP contribution in [0.15, 0.2) is 77.7 Å². The van der Waals surface area contributed by atoms with Gasteiger partial charge in [-0.05, 0) is 53.9 Å². The number of nitrogens with two attached hydrogens (primary N) is 1. The molecule has 1 unspecified atom stereocenters. The molecular weight excluding hydrogens is 466 g/mol.